The molecule has 0 fully saturated rings. The highest BCUT2D eigenvalue weighted by Crippen LogP contribution is 2.43. The number of para-hydroxylation sites is 2. The third-order valence-corrected chi connectivity index (χ3v) is 9.96. The summed E-state index contributed by atoms with van der Waals surface area (Å²) in [6.45, 7) is 0. The molecule has 6 aromatic carbocycles. The number of hydrogen-bond acceptors (Lipinski definition) is 4. The van der Waals surface area contributed by atoms with Gasteiger partial charge in [0.05, 0.1) is 22.1 Å². The predicted molar refractivity (Wildman–Crippen MR) is 187 cm³/mol. The van der Waals surface area contributed by atoms with Gasteiger partial charge in [0.1, 0.15) is 5.58 Å². The van der Waals surface area contributed by atoms with Gasteiger partial charge in [0, 0.05) is 53.1 Å². The Balaban J connectivity index is 1.26. The fraction of sp³-hybridized carbons (Fsp3) is 0. The van der Waals surface area contributed by atoms with E-state index in [1.165, 1.54) is 42.0 Å². The van der Waals surface area contributed by atoms with E-state index in [-0.39, 0.29) is 0 Å². The summed E-state index contributed by atoms with van der Waals surface area (Å²) < 4.78 is 11.3. The maximum Gasteiger partial charge on any atom is 0.231 e. The quantitative estimate of drug-likeness (QED) is 0.205. The largest absolute Gasteiger partial charge is 0.438 e. The second-order valence-electron chi connectivity index (χ2n) is 11.4. The lowest BCUT2D eigenvalue weighted by atomic mass is 10.1. The molecule has 0 atom stereocenters. The fourth-order valence-corrected chi connectivity index (χ4v) is 7.98. The first-order chi connectivity index (χ1) is 22.3. The molecule has 0 N–H and O–H groups in total. The van der Waals surface area contributed by atoms with Crippen LogP contribution in [0.4, 0.5) is 0 Å². The normalized spacial score (nSPS) is 12.0. The molecule has 4 heterocycles. The SMILES string of the molecule is c1ccc(-c2nc(-c3cccc(-n4c5ccccc5c5ccc6sc7ccccc7c6c54)c3)nc3oc4ccccc4c23)cc1. The Morgan fingerprint density at radius 3 is 2.20 bits per heavy atom. The van der Waals surface area contributed by atoms with Crippen LogP contribution in [0.3, 0.4) is 0 Å². The molecule has 4 aromatic heterocycles. The molecular formula is C40H23N3OS. The highest BCUT2D eigenvalue weighted by atomic mass is 32.1. The molecule has 0 aliphatic heterocycles. The molecule has 10 rings (SSSR count). The standard InChI is InChI=1S/C40H23N3OS/c1-2-11-24(12-3-1)37-36-29-16-5-8-19-32(29)44-40(36)42-39(41-37)25-13-10-14-26(23-25)43-31-18-7-4-15-27(31)28-21-22-34-35(38(28)43)30-17-6-9-20-33(30)45-34/h1-23H. The molecule has 210 valence electrons. The van der Waals surface area contributed by atoms with Crippen LogP contribution in [0.2, 0.25) is 0 Å². The van der Waals surface area contributed by atoms with E-state index in [9.17, 15) is 0 Å². The van der Waals surface area contributed by atoms with Gasteiger partial charge in [0.25, 0.3) is 0 Å². The van der Waals surface area contributed by atoms with Gasteiger partial charge in [0.2, 0.25) is 5.71 Å². The van der Waals surface area contributed by atoms with Crippen molar-refractivity contribution < 1.29 is 4.42 Å². The molecule has 45 heavy (non-hydrogen) atoms. The van der Waals surface area contributed by atoms with Crippen LogP contribution in [0, 0.1) is 0 Å². The van der Waals surface area contributed by atoms with E-state index >= 15 is 0 Å². The summed E-state index contributed by atoms with van der Waals surface area (Å²) in [5.41, 5.74) is 7.69. The Morgan fingerprint density at radius 2 is 1.29 bits per heavy atom. The third kappa shape index (κ3) is 3.59. The van der Waals surface area contributed by atoms with Gasteiger partial charge in [-0.1, -0.05) is 103 Å². The van der Waals surface area contributed by atoms with Crippen LogP contribution >= 0.6 is 11.3 Å². The van der Waals surface area contributed by atoms with Crippen molar-refractivity contribution in [3.63, 3.8) is 0 Å². The molecule has 0 spiro atoms. The molecule has 0 aliphatic carbocycles. The molecule has 0 bridgehead atoms. The summed E-state index contributed by atoms with van der Waals surface area (Å²) in [4.78, 5) is 10.2. The van der Waals surface area contributed by atoms with Gasteiger partial charge in [-0.25, -0.2) is 4.98 Å². The highest BCUT2D eigenvalue weighted by molar-refractivity contribution is 7.26. The lowest BCUT2D eigenvalue weighted by molar-refractivity contribution is 0.653. The maximum absolute atomic E-state index is 6.32. The molecule has 0 amide bonds. The van der Waals surface area contributed by atoms with E-state index in [1.807, 2.05) is 47.7 Å². The summed E-state index contributed by atoms with van der Waals surface area (Å²) in [5.74, 6) is 0.633. The number of hydrogen-bond donors (Lipinski definition) is 0. The van der Waals surface area contributed by atoms with Crippen LogP contribution in [-0.4, -0.2) is 14.5 Å². The highest BCUT2D eigenvalue weighted by Gasteiger charge is 2.20. The second-order valence-corrected chi connectivity index (χ2v) is 12.5. The number of thiophene rings is 1. The van der Waals surface area contributed by atoms with Crippen molar-refractivity contribution >= 4 is 75.4 Å². The van der Waals surface area contributed by atoms with Gasteiger partial charge < -0.3 is 8.98 Å². The molecule has 10 aromatic rings. The lowest BCUT2D eigenvalue weighted by Crippen LogP contribution is -1.97. The van der Waals surface area contributed by atoms with Crippen molar-refractivity contribution in [3.8, 4) is 28.3 Å². The van der Waals surface area contributed by atoms with Crippen molar-refractivity contribution in [2.45, 2.75) is 0 Å². The van der Waals surface area contributed by atoms with Crippen LogP contribution in [0.25, 0.3) is 92.4 Å². The summed E-state index contributed by atoms with van der Waals surface area (Å²) >= 11 is 1.85. The molecule has 0 saturated heterocycles. The minimum absolute atomic E-state index is 0.591. The van der Waals surface area contributed by atoms with Crippen LogP contribution in [0.5, 0.6) is 0 Å². The first-order valence-corrected chi connectivity index (χ1v) is 15.8. The molecule has 4 nitrogen and oxygen atoms in total. The van der Waals surface area contributed by atoms with Crippen molar-refractivity contribution in [1.29, 1.82) is 0 Å². The average Bonchev–Trinajstić information content (AvgIpc) is 3.77. The number of aromatic nitrogens is 3. The Morgan fingerprint density at radius 1 is 0.533 bits per heavy atom. The molecular weight excluding hydrogens is 571 g/mol. The van der Waals surface area contributed by atoms with Gasteiger partial charge in [-0.05, 0) is 36.4 Å². The smallest absolute Gasteiger partial charge is 0.231 e. The van der Waals surface area contributed by atoms with Crippen LogP contribution in [0.1, 0.15) is 0 Å². The zero-order chi connectivity index (χ0) is 29.5. The molecule has 5 heteroatoms. The first-order valence-electron chi connectivity index (χ1n) is 15.0. The van der Waals surface area contributed by atoms with E-state index in [0.29, 0.717) is 11.5 Å². The van der Waals surface area contributed by atoms with Gasteiger partial charge >= 0.3 is 0 Å². The monoisotopic (exact) mass is 593 g/mol. The molecule has 0 unspecified atom stereocenters. The summed E-state index contributed by atoms with van der Waals surface area (Å²) in [7, 11) is 0. The van der Waals surface area contributed by atoms with Gasteiger partial charge in [0.15, 0.2) is 5.82 Å². The van der Waals surface area contributed by atoms with E-state index < -0.39 is 0 Å². The second kappa shape index (κ2) is 9.36. The minimum atomic E-state index is 0.591. The van der Waals surface area contributed by atoms with Crippen molar-refractivity contribution in [3.05, 3.63) is 140 Å². The summed E-state index contributed by atoms with van der Waals surface area (Å²) in [5, 5.41) is 7.02. The van der Waals surface area contributed by atoms with Crippen molar-refractivity contribution in [2.24, 2.45) is 0 Å². The minimum Gasteiger partial charge on any atom is -0.438 e. The van der Waals surface area contributed by atoms with E-state index in [1.54, 1.807) is 0 Å². The number of nitrogens with zero attached hydrogens (tertiary/aromatic N) is 3. The van der Waals surface area contributed by atoms with E-state index in [0.717, 1.165) is 38.9 Å². The van der Waals surface area contributed by atoms with Gasteiger partial charge in [-0.3, -0.25) is 0 Å². The number of rotatable bonds is 3. The molecule has 0 radical (unpaired) electrons. The zero-order valence-corrected chi connectivity index (χ0v) is 24.8. The number of fused-ring (bicyclic) bond motifs is 10. The number of furan rings is 1. The lowest BCUT2D eigenvalue weighted by Gasteiger charge is -2.11. The molecule has 0 saturated carbocycles. The van der Waals surface area contributed by atoms with Gasteiger partial charge in [-0.2, -0.15) is 4.98 Å². The Labute approximate surface area is 261 Å². The fourth-order valence-electron chi connectivity index (χ4n) is 6.87. The average molecular weight is 594 g/mol. The predicted octanol–water partition coefficient (Wildman–Crippen LogP) is 11.2. The van der Waals surface area contributed by atoms with E-state index in [4.69, 9.17) is 14.4 Å². The first kappa shape index (κ1) is 24.6. The Kier molecular flexibility index (Phi) is 5.12. The van der Waals surface area contributed by atoms with Crippen molar-refractivity contribution in [1.82, 2.24) is 14.5 Å². The third-order valence-electron chi connectivity index (χ3n) is 8.82. The molecule has 0 aliphatic rings. The van der Waals surface area contributed by atoms with Gasteiger partial charge in [-0.15, -0.1) is 11.3 Å². The number of benzene rings is 6. The van der Waals surface area contributed by atoms with Crippen LogP contribution < -0.4 is 0 Å². The Bertz CT molecular complexity index is 2770. The van der Waals surface area contributed by atoms with Crippen molar-refractivity contribution in [2.75, 3.05) is 0 Å². The summed E-state index contributed by atoms with van der Waals surface area (Å²) in [6.07, 6.45) is 0. The maximum atomic E-state index is 6.32. The summed E-state index contributed by atoms with van der Waals surface area (Å²) in [6, 6.07) is 48.9. The topological polar surface area (TPSA) is 43.9 Å². The zero-order valence-electron chi connectivity index (χ0n) is 23.9. The Hall–Kier alpha value is -5.78. The van der Waals surface area contributed by atoms with Crippen LogP contribution in [-0.2, 0) is 0 Å². The van der Waals surface area contributed by atoms with Crippen LogP contribution in [0.15, 0.2) is 144 Å². The van der Waals surface area contributed by atoms with E-state index in [2.05, 4.69) is 108 Å².